The first-order chi connectivity index (χ1) is 14.0. The van der Waals surface area contributed by atoms with Gasteiger partial charge in [-0.25, -0.2) is 9.97 Å². The Balaban J connectivity index is 1.80. The third-order valence-corrected chi connectivity index (χ3v) is 5.14. The number of benzene rings is 1. The molecule has 0 aliphatic carbocycles. The zero-order valence-electron chi connectivity index (χ0n) is 15.5. The molecule has 0 radical (unpaired) electrons. The Morgan fingerprint density at radius 2 is 1.90 bits per heavy atom. The number of ether oxygens (including phenoxy) is 1. The summed E-state index contributed by atoms with van der Waals surface area (Å²) in [7, 11) is 0. The van der Waals surface area contributed by atoms with Crippen molar-refractivity contribution < 1.29 is 25.2 Å². The number of aliphatic hydroxyl groups excluding tert-OH is 4. The maximum Gasteiger partial charge on any atom is 0.166 e. The normalized spacial score (nSPS) is 25.4. The summed E-state index contributed by atoms with van der Waals surface area (Å²) in [4.78, 5) is 8.25. The van der Waals surface area contributed by atoms with Gasteiger partial charge in [0, 0.05) is 0 Å². The number of nitrogens with zero attached hydrogens (tertiary/aromatic N) is 3. The summed E-state index contributed by atoms with van der Waals surface area (Å²) in [6.45, 7) is -0.639. The minimum Gasteiger partial charge on any atom is -0.394 e. The van der Waals surface area contributed by atoms with Gasteiger partial charge in [-0.2, -0.15) is 0 Å². The number of anilines is 2. The molecule has 10 heteroatoms. The summed E-state index contributed by atoms with van der Waals surface area (Å²) < 4.78 is 7.26. The number of aliphatic hydroxyl groups is 4. The molecule has 154 valence electrons. The van der Waals surface area contributed by atoms with Crippen molar-refractivity contribution in [3.05, 3.63) is 48.3 Å². The van der Waals surface area contributed by atoms with Crippen molar-refractivity contribution in [2.45, 2.75) is 30.6 Å². The fraction of sp³-hybridized carbons (Fsp3) is 0.368. The lowest BCUT2D eigenvalue weighted by Crippen LogP contribution is -2.33. The van der Waals surface area contributed by atoms with Gasteiger partial charge in [-0.1, -0.05) is 30.3 Å². The van der Waals surface area contributed by atoms with Crippen LogP contribution in [0.5, 0.6) is 0 Å². The van der Waals surface area contributed by atoms with Gasteiger partial charge in [0.15, 0.2) is 6.23 Å². The highest BCUT2D eigenvalue weighted by atomic mass is 16.6. The highest BCUT2D eigenvalue weighted by Crippen LogP contribution is 2.37. The van der Waals surface area contributed by atoms with Gasteiger partial charge >= 0.3 is 0 Å². The lowest BCUT2D eigenvalue weighted by Gasteiger charge is -2.24. The fourth-order valence-corrected chi connectivity index (χ4v) is 3.61. The van der Waals surface area contributed by atoms with Crippen LogP contribution >= 0.6 is 0 Å². The Kier molecular flexibility index (Phi) is 5.35. The van der Waals surface area contributed by atoms with E-state index in [1.807, 2.05) is 30.3 Å². The van der Waals surface area contributed by atoms with Crippen molar-refractivity contribution in [2.75, 3.05) is 24.3 Å². The Morgan fingerprint density at radius 3 is 2.55 bits per heavy atom. The van der Waals surface area contributed by atoms with E-state index >= 15 is 0 Å². The molecular weight excluding hydrogens is 378 g/mol. The van der Waals surface area contributed by atoms with Crippen LogP contribution in [-0.2, 0) is 4.74 Å². The van der Waals surface area contributed by atoms with E-state index in [-0.39, 0.29) is 12.4 Å². The number of nitrogens with two attached hydrogens (primary N) is 1. The van der Waals surface area contributed by atoms with Gasteiger partial charge in [-0.3, -0.25) is 4.57 Å². The van der Waals surface area contributed by atoms with E-state index in [2.05, 4.69) is 15.3 Å². The largest absolute Gasteiger partial charge is 0.394 e. The number of rotatable bonds is 6. The minimum atomic E-state index is -1.30. The fourth-order valence-electron chi connectivity index (χ4n) is 3.61. The van der Waals surface area contributed by atoms with Crippen LogP contribution in [0.1, 0.15) is 17.8 Å². The first-order valence-corrected chi connectivity index (χ1v) is 9.21. The lowest BCUT2D eigenvalue weighted by atomic mass is 10.1. The molecule has 1 saturated heterocycles. The summed E-state index contributed by atoms with van der Waals surface area (Å²) in [6, 6.07) is 10.6. The smallest absolute Gasteiger partial charge is 0.166 e. The predicted octanol–water partition coefficient (Wildman–Crippen LogP) is -0.230. The number of nitrogens with one attached hydrogen (secondary N) is 1. The highest BCUT2D eigenvalue weighted by molar-refractivity contribution is 5.90. The number of hydrogen-bond acceptors (Lipinski definition) is 9. The molecule has 1 fully saturated rings. The third-order valence-electron chi connectivity index (χ3n) is 5.14. The Bertz CT molecular complexity index is 982. The minimum absolute atomic E-state index is 0.192. The van der Waals surface area contributed by atoms with E-state index in [0.717, 1.165) is 5.56 Å². The molecule has 29 heavy (non-hydrogen) atoms. The first kappa shape index (κ1) is 19.6. The molecule has 0 saturated carbocycles. The first-order valence-electron chi connectivity index (χ1n) is 9.21. The number of nitrogen functional groups attached to an aromatic ring is 1. The van der Waals surface area contributed by atoms with Crippen LogP contribution in [0.25, 0.3) is 11.0 Å². The summed E-state index contributed by atoms with van der Waals surface area (Å²) in [5.74, 6) is 0.703. The maximum absolute atomic E-state index is 10.5. The number of aromatic nitrogens is 3. The summed E-state index contributed by atoms with van der Waals surface area (Å²) in [5.41, 5.74) is 7.23. The molecule has 2 aromatic heterocycles. The maximum atomic E-state index is 10.5. The summed E-state index contributed by atoms with van der Waals surface area (Å²) in [5, 5.41) is 43.8. The average Bonchev–Trinajstić information content (AvgIpc) is 3.25. The summed E-state index contributed by atoms with van der Waals surface area (Å²) in [6.07, 6.45) is -3.24. The molecule has 7 N–H and O–H groups in total. The average molecular weight is 401 g/mol. The molecule has 1 aromatic carbocycles. The molecule has 0 spiro atoms. The van der Waals surface area contributed by atoms with E-state index in [4.69, 9.17) is 10.5 Å². The quantitative estimate of drug-likeness (QED) is 0.328. The van der Waals surface area contributed by atoms with Crippen LogP contribution in [0, 0.1) is 0 Å². The van der Waals surface area contributed by atoms with E-state index in [9.17, 15) is 20.4 Å². The zero-order chi connectivity index (χ0) is 20.5. The van der Waals surface area contributed by atoms with E-state index in [1.165, 1.54) is 6.33 Å². The van der Waals surface area contributed by atoms with Crippen molar-refractivity contribution in [1.82, 2.24) is 14.5 Å². The standard InChI is InChI=1S/C19H23N5O5/c20-17-11-6-14(23-12(7-25)10-4-2-1-3-5-10)24(18(11)22-9-21-17)19-16(28)15(27)13(8-26)29-19/h1-6,9,12-13,15-16,19,23,25-28H,7-8H2,(H2,20,21,22)/t12-,13-,15-,16-,19-/m1/s1. The topological polar surface area (TPSA) is 159 Å². The van der Waals surface area contributed by atoms with Crippen LogP contribution in [0.2, 0.25) is 0 Å². The van der Waals surface area contributed by atoms with Crippen LogP contribution in [-0.4, -0.2) is 66.5 Å². The monoisotopic (exact) mass is 401 g/mol. The summed E-state index contributed by atoms with van der Waals surface area (Å²) >= 11 is 0. The number of hydrogen-bond donors (Lipinski definition) is 6. The van der Waals surface area contributed by atoms with Gasteiger partial charge in [-0.05, 0) is 11.6 Å². The van der Waals surface area contributed by atoms with E-state index in [1.54, 1.807) is 10.6 Å². The van der Waals surface area contributed by atoms with Crippen molar-refractivity contribution in [2.24, 2.45) is 0 Å². The van der Waals surface area contributed by atoms with Gasteiger partial charge in [0.1, 0.15) is 41.9 Å². The second-order valence-electron chi connectivity index (χ2n) is 6.91. The second kappa shape index (κ2) is 7.93. The van der Waals surface area contributed by atoms with Crippen LogP contribution in [0.4, 0.5) is 11.6 Å². The molecule has 1 aliphatic heterocycles. The Hall–Kier alpha value is -2.76. The molecule has 5 atom stereocenters. The second-order valence-corrected chi connectivity index (χ2v) is 6.91. The van der Waals surface area contributed by atoms with Gasteiger partial charge in [0.05, 0.1) is 24.6 Å². The number of fused-ring (bicyclic) bond motifs is 1. The SMILES string of the molecule is Nc1ncnc2c1cc(N[C@H](CO)c1ccccc1)n2[C@@H]1O[C@H](CO)[C@@H](O)[C@H]1O. The molecule has 0 amide bonds. The van der Waals surface area contributed by atoms with Gasteiger partial charge in [0.2, 0.25) is 0 Å². The van der Waals surface area contributed by atoms with Crippen molar-refractivity contribution in [3.8, 4) is 0 Å². The van der Waals surface area contributed by atoms with Crippen LogP contribution in [0.3, 0.4) is 0 Å². The molecule has 10 nitrogen and oxygen atoms in total. The van der Waals surface area contributed by atoms with Gasteiger partial charge in [-0.15, -0.1) is 0 Å². The predicted molar refractivity (Wildman–Crippen MR) is 105 cm³/mol. The van der Waals surface area contributed by atoms with Crippen LogP contribution < -0.4 is 11.1 Å². The van der Waals surface area contributed by atoms with Crippen molar-refractivity contribution in [1.29, 1.82) is 0 Å². The zero-order valence-corrected chi connectivity index (χ0v) is 15.5. The van der Waals surface area contributed by atoms with Crippen molar-refractivity contribution >= 4 is 22.7 Å². The molecule has 0 unspecified atom stereocenters. The molecule has 4 rings (SSSR count). The molecule has 0 bridgehead atoms. The van der Waals surface area contributed by atoms with Gasteiger partial charge in [0.25, 0.3) is 0 Å². The molecule has 1 aliphatic rings. The van der Waals surface area contributed by atoms with Gasteiger partial charge < -0.3 is 36.2 Å². The lowest BCUT2D eigenvalue weighted by molar-refractivity contribution is -0.0500. The Labute approximate surface area is 166 Å². The molecule has 3 heterocycles. The van der Waals surface area contributed by atoms with Crippen LogP contribution in [0.15, 0.2) is 42.7 Å². The molecule has 3 aromatic rings. The molecular formula is C19H23N5O5. The van der Waals surface area contributed by atoms with E-state index in [0.29, 0.717) is 16.9 Å². The Morgan fingerprint density at radius 1 is 1.14 bits per heavy atom. The van der Waals surface area contributed by atoms with Crippen molar-refractivity contribution in [3.63, 3.8) is 0 Å². The van der Waals surface area contributed by atoms with E-state index < -0.39 is 37.2 Å². The highest BCUT2D eigenvalue weighted by Gasteiger charge is 2.44. The third kappa shape index (κ3) is 3.41.